The number of halogens is 1. The van der Waals surface area contributed by atoms with E-state index < -0.39 is 0 Å². The van der Waals surface area contributed by atoms with E-state index >= 15 is 0 Å². The van der Waals surface area contributed by atoms with Crippen molar-refractivity contribution in [2.45, 2.75) is 0 Å². The Hall–Kier alpha value is -0.160. The van der Waals surface area contributed by atoms with Crippen molar-refractivity contribution in [1.82, 2.24) is 9.47 Å². The van der Waals surface area contributed by atoms with Gasteiger partial charge in [-0.25, -0.2) is 4.98 Å². The van der Waals surface area contributed by atoms with E-state index in [-0.39, 0.29) is 24.0 Å². The number of hydrogen-bond acceptors (Lipinski definition) is 1. The van der Waals surface area contributed by atoms with Crippen LogP contribution >= 0.6 is 0 Å². The van der Waals surface area contributed by atoms with E-state index in [2.05, 4.69) is 26.1 Å². The first-order chi connectivity index (χ1) is 4.61. The topological polar surface area (TPSA) is 12.9 Å². The molecule has 1 rings (SSSR count). The first kappa shape index (κ1) is 10.8. The lowest BCUT2D eigenvalue weighted by Crippen LogP contribution is -3.00. The monoisotopic (exact) mass is 264 g/mol. The van der Waals surface area contributed by atoms with Gasteiger partial charge in [0.25, 0.3) is 0 Å². The van der Waals surface area contributed by atoms with Gasteiger partial charge in [-0.05, 0) is 6.07 Å². The number of hydrogen-bond donors (Lipinski definition) is 0. The van der Waals surface area contributed by atoms with Crippen LogP contribution in [0, 0.1) is 0 Å². The summed E-state index contributed by atoms with van der Waals surface area (Å²) in [6.45, 7) is 0. The SMILES string of the molecule is C[N+](C)(C)c1ccccn1.[I-]. The summed E-state index contributed by atoms with van der Waals surface area (Å²) in [4.78, 5) is 4.22. The molecule has 1 heterocycles. The summed E-state index contributed by atoms with van der Waals surface area (Å²) in [6, 6.07) is 5.96. The van der Waals surface area contributed by atoms with Gasteiger partial charge in [0.2, 0.25) is 5.82 Å². The Labute approximate surface area is 84.9 Å². The number of nitrogens with zero attached hydrogens (tertiary/aromatic N) is 2. The van der Waals surface area contributed by atoms with Crippen LogP contribution in [-0.2, 0) is 0 Å². The molecule has 0 bridgehead atoms. The predicted octanol–water partition coefficient (Wildman–Crippen LogP) is -1.72. The van der Waals surface area contributed by atoms with Crippen molar-refractivity contribution in [2.24, 2.45) is 0 Å². The molecule has 0 fully saturated rings. The highest BCUT2D eigenvalue weighted by molar-refractivity contribution is 5.30. The first-order valence-corrected chi connectivity index (χ1v) is 3.34. The zero-order chi connectivity index (χ0) is 7.61. The molecule has 0 atom stereocenters. The predicted molar refractivity (Wildman–Crippen MR) is 43.8 cm³/mol. The molecule has 3 heteroatoms. The standard InChI is InChI=1S/C8H13N2.HI/c1-10(2,3)8-6-4-5-7-9-8;/h4-7H,1-3H3;1H/q+1;/p-1. The van der Waals surface area contributed by atoms with Gasteiger partial charge in [0.1, 0.15) is 0 Å². The van der Waals surface area contributed by atoms with Crippen molar-refractivity contribution in [3.63, 3.8) is 0 Å². The molecule has 0 spiro atoms. The Kier molecular flexibility index (Phi) is 3.96. The highest BCUT2D eigenvalue weighted by Crippen LogP contribution is 2.09. The minimum atomic E-state index is 0. The van der Waals surface area contributed by atoms with Gasteiger partial charge in [0.05, 0.1) is 21.1 Å². The molecular weight excluding hydrogens is 251 g/mol. The third-order valence-corrected chi connectivity index (χ3v) is 1.34. The van der Waals surface area contributed by atoms with Crippen LogP contribution in [0.15, 0.2) is 24.4 Å². The van der Waals surface area contributed by atoms with Gasteiger partial charge in [0, 0.05) is 12.3 Å². The zero-order valence-electron chi connectivity index (χ0n) is 7.08. The van der Waals surface area contributed by atoms with E-state index in [9.17, 15) is 0 Å². The second-order valence-corrected chi connectivity index (χ2v) is 3.20. The quantitative estimate of drug-likeness (QED) is 0.434. The third kappa shape index (κ3) is 3.16. The van der Waals surface area contributed by atoms with E-state index in [1.807, 2.05) is 24.4 Å². The Balaban J connectivity index is 0.000001000. The molecular formula is C8H13IN2. The molecule has 0 saturated carbocycles. The van der Waals surface area contributed by atoms with Crippen molar-refractivity contribution in [3.05, 3.63) is 24.4 Å². The van der Waals surface area contributed by atoms with Crippen LogP contribution in [0.3, 0.4) is 0 Å². The summed E-state index contributed by atoms with van der Waals surface area (Å²) in [5.41, 5.74) is 0. The summed E-state index contributed by atoms with van der Waals surface area (Å²) in [5.74, 6) is 1.09. The molecule has 0 saturated heterocycles. The third-order valence-electron chi connectivity index (χ3n) is 1.34. The van der Waals surface area contributed by atoms with Gasteiger partial charge >= 0.3 is 0 Å². The second-order valence-electron chi connectivity index (χ2n) is 3.20. The van der Waals surface area contributed by atoms with E-state index in [1.54, 1.807) is 0 Å². The van der Waals surface area contributed by atoms with Crippen molar-refractivity contribution >= 4 is 5.82 Å². The molecule has 1 aromatic heterocycles. The summed E-state index contributed by atoms with van der Waals surface area (Å²) < 4.78 is 0.779. The summed E-state index contributed by atoms with van der Waals surface area (Å²) in [6.07, 6.45) is 1.82. The largest absolute Gasteiger partial charge is 1.00 e. The van der Waals surface area contributed by atoms with E-state index in [0.717, 1.165) is 10.3 Å². The van der Waals surface area contributed by atoms with Crippen molar-refractivity contribution in [3.8, 4) is 0 Å². The van der Waals surface area contributed by atoms with Crippen LogP contribution in [0.5, 0.6) is 0 Å². The van der Waals surface area contributed by atoms with E-state index in [4.69, 9.17) is 0 Å². The zero-order valence-corrected chi connectivity index (χ0v) is 9.24. The number of aromatic nitrogens is 1. The Morgan fingerprint density at radius 1 is 1.18 bits per heavy atom. The molecule has 0 radical (unpaired) electrons. The fraction of sp³-hybridized carbons (Fsp3) is 0.375. The molecule has 0 aliphatic heterocycles. The van der Waals surface area contributed by atoms with E-state index in [0.29, 0.717) is 0 Å². The highest BCUT2D eigenvalue weighted by Gasteiger charge is 2.11. The summed E-state index contributed by atoms with van der Waals surface area (Å²) in [5, 5.41) is 0. The average molecular weight is 264 g/mol. The fourth-order valence-corrected chi connectivity index (χ4v) is 0.751. The minimum Gasteiger partial charge on any atom is -1.00 e. The molecule has 11 heavy (non-hydrogen) atoms. The average Bonchev–Trinajstić information content (AvgIpc) is 1.88. The lowest BCUT2D eigenvalue weighted by Gasteiger charge is -2.21. The maximum atomic E-state index is 4.22. The van der Waals surface area contributed by atoms with Gasteiger partial charge in [-0.1, -0.05) is 6.07 Å². The number of pyridine rings is 1. The molecule has 2 nitrogen and oxygen atoms in total. The Morgan fingerprint density at radius 3 is 2.09 bits per heavy atom. The van der Waals surface area contributed by atoms with Crippen LogP contribution in [0.2, 0.25) is 0 Å². The molecule has 0 unspecified atom stereocenters. The Bertz CT molecular complexity index is 203. The summed E-state index contributed by atoms with van der Waals surface area (Å²) >= 11 is 0. The van der Waals surface area contributed by atoms with Crippen molar-refractivity contribution in [1.29, 1.82) is 0 Å². The van der Waals surface area contributed by atoms with E-state index in [1.165, 1.54) is 0 Å². The molecule has 0 N–H and O–H groups in total. The van der Waals surface area contributed by atoms with Crippen molar-refractivity contribution in [2.75, 3.05) is 21.1 Å². The fourth-order valence-electron chi connectivity index (χ4n) is 0.751. The Morgan fingerprint density at radius 2 is 1.82 bits per heavy atom. The van der Waals surface area contributed by atoms with Gasteiger partial charge in [-0.3, -0.25) is 4.48 Å². The van der Waals surface area contributed by atoms with Crippen LogP contribution < -0.4 is 28.5 Å². The normalized spacial score (nSPS) is 10.5. The van der Waals surface area contributed by atoms with Crippen molar-refractivity contribution < 1.29 is 24.0 Å². The van der Waals surface area contributed by atoms with Gasteiger partial charge < -0.3 is 24.0 Å². The molecule has 0 aliphatic carbocycles. The molecule has 0 aliphatic rings. The van der Waals surface area contributed by atoms with Crippen LogP contribution in [0.4, 0.5) is 5.82 Å². The molecule has 0 amide bonds. The minimum absolute atomic E-state index is 0. The van der Waals surface area contributed by atoms with Crippen LogP contribution in [0.1, 0.15) is 0 Å². The van der Waals surface area contributed by atoms with Gasteiger partial charge in [-0.15, -0.1) is 0 Å². The lowest BCUT2D eigenvalue weighted by molar-refractivity contribution is -0.00000241. The number of quaternary nitrogens is 1. The smallest absolute Gasteiger partial charge is 0.226 e. The van der Waals surface area contributed by atoms with Gasteiger partial charge in [-0.2, -0.15) is 0 Å². The summed E-state index contributed by atoms with van der Waals surface area (Å²) in [7, 11) is 6.30. The van der Waals surface area contributed by atoms with Crippen LogP contribution in [-0.4, -0.2) is 26.1 Å². The van der Waals surface area contributed by atoms with Gasteiger partial charge in [0.15, 0.2) is 0 Å². The molecule has 62 valence electrons. The number of rotatable bonds is 1. The molecule has 1 aromatic rings. The maximum Gasteiger partial charge on any atom is 0.226 e. The lowest BCUT2D eigenvalue weighted by atomic mass is 10.4. The first-order valence-electron chi connectivity index (χ1n) is 3.34. The second kappa shape index (κ2) is 4.01. The molecule has 0 aromatic carbocycles. The maximum absolute atomic E-state index is 4.22. The van der Waals surface area contributed by atoms with Crippen LogP contribution in [0.25, 0.3) is 0 Å². The highest BCUT2D eigenvalue weighted by atomic mass is 127.